The number of rotatable bonds is 6. The van der Waals surface area contributed by atoms with Gasteiger partial charge in [0.1, 0.15) is 10.6 Å². The highest BCUT2D eigenvalue weighted by atomic mass is 35.5. The van der Waals surface area contributed by atoms with E-state index in [4.69, 9.17) is 26.8 Å². The predicted octanol–water partition coefficient (Wildman–Crippen LogP) is 2.15. The van der Waals surface area contributed by atoms with Crippen LogP contribution in [0.15, 0.2) is 23.1 Å². The van der Waals surface area contributed by atoms with Gasteiger partial charge >= 0.3 is 0 Å². The van der Waals surface area contributed by atoms with E-state index in [1.54, 1.807) is 12.1 Å². The maximum Gasteiger partial charge on any atom is 0.246 e. The molecule has 0 aliphatic carbocycles. The predicted molar refractivity (Wildman–Crippen MR) is 99.0 cm³/mol. The summed E-state index contributed by atoms with van der Waals surface area (Å²) < 4.78 is 38.6. The summed E-state index contributed by atoms with van der Waals surface area (Å²) in [6, 6.07) is 4.74. The molecule has 0 bridgehead atoms. The normalized spacial score (nSPS) is 24.2. The molecule has 2 fully saturated rings. The fraction of sp³-hybridized carbons (Fsp3) is 0.625. The van der Waals surface area contributed by atoms with Gasteiger partial charge in [-0.3, -0.25) is 0 Å². The molecule has 1 aromatic rings. The maximum atomic E-state index is 13.0. The Morgan fingerprint density at radius 3 is 2.76 bits per heavy atom. The first-order valence-corrected chi connectivity index (χ1v) is 10.0. The van der Waals surface area contributed by atoms with Crippen LogP contribution in [0, 0.1) is 11.8 Å². The summed E-state index contributed by atoms with van der Waals surface area (Å²) in [5.41, 5.74) is 5.67. The lowest BCUT2D eigenvalue weighted by atomic mass is 10.1. The molecule has 2 aliphatic rings. The zero-order valence-corrected chi connectivity index (χ0v) is 16.3. The zero-order chi connectivity index (χ0) is 17.2. The van der Waals surface area contributed by atoms with Crippen molar-refractivity contribution in [1.82, 2.24) is 4.31 Å². The van der Waals surface area contributed by atoms with Gasteiger partial charge in [0.15, 0.2) is 0 Å². The van der Waals surface area contributed by atoms with E-state index in [2.05, 4.69) is 0 Å². The Hall–Kier alpha value is -0.570. The third kappa shape index (κ3) is 4.78. The van der Waals surface area contributed by atoms with Crippen molar-refractivity contribution < 1.29 is 17.9 Å². The van der Waals surface area contributed by atoms with Gasteiger partial charge < -0.3 is 15.2 Å². The van der Waals surface area contributed by atoms with Gasteiger partial charge in [0.25, 0.3) is 0 Å². The van der Waals surface area contributed by atoms with Gasteiger partial charge in [-0.05, 0) is 43.5 Å². The molecule has 25 heavy (non-hydrogen) atoms. The molecule has 2 unspecified atom stereocenters. The van der Waals surface area contributed by atoms with Crippen LogP contribution in [-0.4, -0.2) is 52.2 Å². The molecular formula is C16H24Cl2N2O4S. The van der Waals surface area contributed by atoms with Gasteiger partial charge in [0.05, 0.1) is 13.2 Å². The van der Waals surface area contributed by atoms with Crippen LogP contribution in [0.2, 0.25) is 5.02 Å². The molecule has 0 aromatic heterocycles. The second kappa shape index (κ2) is 8.88. The number of ether oxygens (including phenoxy) is 2. The van der Waals surface area contributed by atoms with Crippen LogP contribution in [0.5, 0.6) is 5.75 Å². The molecule has 0 amide bonds. The Morgan fingerprint density at radius 1 is 1.32 bits per heavy atom. The van der Waals surface area contributed by atoms with Gasteiger partial charge in [-0.25, -0.2) is 8.42 Å². The monoisotopic (exact) mass is 410 g/mol. The minimum absolute atomic E-state index is 0. The highest BCUT2D eigenvalue weighted by molar-refractivity contribution is 7.89. The summed E-state index contributed by atoms with van der Waals surface area (Å²) in [5.74, 6) is 0.853. The molecule has 2 aliphatic heterocycles. The number of hydrogen-bond donors (Lipinski definition) is 1. The van der Waals surface area contributed by atoms with E-state index < -0.39 is 10.0 Å². The van der Waals surface area contributed by atoms with E-state index in [9.17, 15) is 8.42 Å². The van der Waals surface area contributed by atoms with Gasteiger partial charge in [-0.2, -0.15) is 4.31 Å². The summed E-state index contributed by atoms with van der Waals surface area (Å²) in [6.45, 7) is 3.24. The molecular weight excluding hydrogens is 387 g/mol. The lowest BCUT2D eigenvalue weighted by Gasteiger charge is -2.20. The van der Waals surface area contributed by atoms with Crippen molar-refractivity contribution in [3.05, 3.63) is 23.2 Å². The Morgan fingerprint density at radius 2 is 2.12 bits per heavy atom. The highest BCUT2D eigenvalue weighted by Gasteiger charge is 2.34. The maximum absolute atomic E-state index is 13.0. The van der Waals surface area contributed by atoms with E-state index in [0.29, 0.717) is 49.5 Å². The van der Waals surface area contributed by atoms with Gasteiger partial charge in [0, 0.05) is 30.6 Å². The SMILES string of the molecule is Cl.NCC1CCN(S(=O)(=O)c2cc(Cl)ccc2OCC2CCOC2)C1. The summed E-state index contributed by atoms with van der Waals surface area (Å²) >= 11 is 6.03. The van der Waals surface area contributed by atoms with Crippen molar-refractivity contribution >= 4 is 34.0 Å². The number of halogens is 2. The van der Waals surface area contributed by atoms with E-state index in [1.807, 2.05) is 0 Å². The van der Waals surface area contributed by atoms with Crippen molar-refractivity contribution in [3.8, 4) is 5.75 Å². The largest absolute Gasteiger partial charge is 0.492 e. The van der Waals surface area contributed by atoms with Crippen LogP contribution < -0.4 is 10.5 Å². The topological polar surface area (TPSA) is 81.9 Å². The van der Waals surface area contributed by atoms with E-state index in [0.717, 1.165) is 19.4 Å². The molecule has 142 valence electrons. The Balaban J connectivity index is 0.00000225. The van der Waals surface area contributed by atoms with Crippen LogP contribution in [0.25, 0.3) is 0 Å². The average molecular weight is 411 g/mol. The summed E-state index contributed by atoms with van der Waals surface area (Å²) in [7, 11) is -3.64. The lowest BCUT2D eigenvalue weighted by molar-refractivity contribution is 0.166. The van der Waals surface area contributed by atoms with E-state index in [1.165, 1.54) is 10.4 Å². The molecule has 2 N–H and O–H groups in total. The first-order chi connectivity index (χ1) is 11.5. The van der Waals surface area contributed by atoms with Gasteiger partial charge in [-0.1, -0.05) is 11.6 Å². The third-order valence-corrected chi connectivity index (χ3v) is 6.73. The van der Waals surface area contributed by atoms with Crippen molar-refractivity contribution in [2.45, 2.75) is 17.7 Å². The average Bonchev–Trinajstić information content (AvgIpc) is 3.25. The summed E-state index contributed by atoms with van der Waals surface area (Å²) in [6.07, 6.45) is 1.71. The standard InChI is InChI=1S/C16H23ClN2O4S.ClH/c17-14-1-2-15(23-11-13-4-6-22-10-13)16(7-14)24(20,21)19-5-3-12(8-18)9-19;/h1-2,7,12-13H,3-6,8-11,18H2;1H. The van der Waals surface area contributed by atoms with Crippen LogP contribution >= 0.6 is 24.0 Å². The number of nitrogens with zero attached hydrogens (tertiary/aromatic N) is 1. The van der Waals surface area contributed by atoms with Crippen molar-refractivity contribution in [1.29, 1.82) is 0 Å². The highest BCUT2D eigenvalue weighted by Crippen LogP contribution is 2.33. The fourth-order valence-electron chi connectivity index (χ4n) is 3.07. The second-order valence-corrected chi connectivity index (χ2v) is 8.73. The third-order valence-electron chi connectivity index (χ3n) is 4.60. The van der Waals surface area contributed by atoms with Crippen LogP contribution in [0.3, 0.4) is 0 Å². The van der Waals surface area contributed by atoms with Crippen molar-refractivity contribution in [2.75, 3.05) is 39.5 Å². The Kier molecular flexibility index (Phi) is 7.37. The van der Waals surface area contributed by atoms with Crippen LogP contribution in [0.4, 0.5) is 0 Å². The number of sulfonamides is 1. The molecule has 0 spiro atoms. The molecule has 9 heteroatoms. The van der Waals surface area contributed by atoms with E-state index >= 15 is 0 Å². The first-order valence-electron chi connectivity index (χ1n) is 8.21. The smallest absolute Gasteiger partial charge is 0.246 e. The molecule has 2 atom stereocenters. The van der Waals surface area contributed by atoms with E-state index in [-0.39, 0.29) is 23.2 Å². The summed E-state index contributed by atoms with van der Waals surface area (Å²) in [5, 5.41) is 0.375. The van der Waals surface area contributed by atoms with Crippen molar-refractivity contribution in [3.63, 3.8) is 0 Å². The fourth-order valence-corrected chi connectivity index (χ4v) is 5.00. The van der Waals surface area contributed by atoms with Gasteiger partial charge in [-0.15, -0.1) is 12.4 Å². The summed E-state index contributed by atoms with van der Waals surface area (Å²) in [4.78, 5) is 0.131. The van der Waals surface area contributed by atoms with Crippen LogP contribution in [0.1, 0.15) is 12.8 Å². The zero-order valence-electron chi connectivity index (χ0n) is 13.9. The second-order valence-electron chi connectivity index (χ2n) is 6.39. The molecule has 6 nitrogen and oxygen atoms in total. The quantitative estimate of drug-likeness (QED) is 0.776. The number of nitrogens with two attached hydrogens (primary N) is 1. The molecule has 2 saturated heterocycles. The molecule has 2 heterocycles. The molecule has 1 aromatic carbocycles. The van der Waals surface area contributed by atoms with Gasteiger partial charge in [0.2, 0.25) is 10.0 Å². The lowest BCUT2D eigenvalue weighted by Crippen LogP contribution is -2.30. The minimum Gasteiger partial charge on any atom is -0.492 e. The Bertz CT molecular complexity index is 681. The molecule has 0 saturated carbocycles. The first kappa shape index (κ1) is 20.7. The molecule has 0 radical (unpaired) electrons. The Labute approximate surface area is 160 Å². The number of benzene rings is 1. The minimum atomic E-state index is -3.64. The number of hydrogen-bond acceptors (Lipinski definition) is 5. The van der Waals surface area contributed by atoms with Crippen molar-refractivity contribution in [2.24, 2.45) is 17.6 Å². The van der Waals surface area contributed by atoms with Crippen LogP contribution in [-0.2, 0) is 14.8 Å². The molecule has 3 rings (SSSR count).